The van der Waals surface area contributed by atoms with Gasteiger partial charge >= 0.3 is 12.4 Å². The molecule has 0 saturated carbocycles. The van der Waals surface area contributed by atoms with Gasteiger partial charge in [-0.25, -0.2) is 14.2 Å². The van der Waals surface area contributed by atoms with E-state index in [2.05, 4.69) is 20.2 Å². The van der Waals surface area contributed by atoms with Crippen LogP contribution in [0.4, 0.5) is 28.0 Å². The molecular formula is C19H12F4N6O2. The molecule has 8 nitrogen and oxygen atoms in total. The fourth-order valence-electron chi connectivity index (χ4n) is 3.48. The molecule has 1 unspecified atom stereocenters. The first kappa shape index (κ1) is 19.0. The topological polar surface area (TPSA) is 88.9 Å². The summed E-state index contributed by atoms with van der Waals surface area (Å²) in [4.78, 5) is 20.3. The number of nitrogens with zero attached hydrogens (tertiary/aromatic N) is 5. The van der Waals surface area contributed by atoms with Crippen LogP contribution in [-0.2, 0) is 11.0 Å². The van der Waals surface area contributed by atoms with E-state index < -0.39 is 29.0 Å². The number of amides is 1. The number of fused-ring (bicyclic) bond motifs is 1. The van der Waals surface area contributed by atoms with Gasteiger partial charge in [0.05, 0.1) is 29.2 Å². The van der Waals surface area contributed by atoms with E-state index in [9.17, 15) is 22.4 Å². The summed E-state index contributed by atoms with van der Waals surface area (Å²) in [6.45, 7) is -0.0830. The number of rotatable bonds is 3. The van der Waals surface area contributed by atoms with Crippen molar-refractivity contribution in [3.63, 3.8) is 0 Å². The lowest BCUT2D eigenvalue weighted by atomic mass is 10.0. The Balaban J connectivity index is 1.48. The van der Waals surface area contributed by atoms with Gasteiger partial charge in [-0.3, -0.25) is 4.90 Å². The summed E-state index contributed by atoms with van der Waals surface area (Å²) in [5, 5.41) is 6.49. The lowest BCUT2D eigenvalue weighted by molar-refractivity contribution is -0.221. The largest absolute Gasteiger partial charge is 0.521 e. The molecule has 0 spiro atoms. The van der Waals surface area contributed by atoms with Gasteiger partial charge < -0.3 is 9.72 Å². The van der Waals surface area contributed by atoms with Gasteiger partial charge in [0.1, 0.15) is 24.2 Å². The van der Waals surface area contributed by atoms with Gasteiger partial charge in [0.15, 0.2) is 0 Å². The smallest absolute Gasteiger partial charge is 0.447 e. The number of halogens is 4. The van der Waals surface area contributed by atoms with Crippen molar-refractivity contribution in [1.29, 1.82) is 0 Å². The molecule has 1 atom stereocenters. The van der Waals surface area contributed by atoms with Crippen LogP contribution in [0, 0.1) is 5.82 Å². The molecule has 0 aliphatic carbocycles. The van der Waals surface area contributed by atoms with Crippen LogP contribution in [-0.4, -0.2) is 37.7 Å². The number of H-pyrrole nitrogens is 1. The average molecular weight is 432 g/mol. The van der Waals surface area contributed by atoms with Crippen LogP contribution in [0.5, 0.6) is 0 Å². The summed E-state index contributed by atoms with van der Waals surface area (Å²) in [6.07, 6.45) is -2.99. The highest BCUT2D eigenvalue weighted by molar-refractivity contribution is 5.93. The lowest BCUT2D eigenvalue weighted by Gasteiger charge is -2.22. The maximum atomic E-state index is 15.0. The van der Waals surface area contributed by atoms with Crippen molar-refractivity contribution >= 4 is 22.8 Å². The van der Waals surface area contributed by atoms with Crippen LogP contribution in [0.1, 0.15) is 11.6 Å². The Morgan fingerprint density at radius 2 is 2.00 bits per heavy atom. The first-order valence-electron chi connectivity index (χ1n) is 9.00. The second-order valence-corrected chi connectivity index (χ2v) is 6.79. The Hall–Kier alpha value is -3.96. The minimum absolute atomic E-state index is 0.0830. The number of ether oxygens (including phenoxy) is 1. The van der Waals surface area contributed by atoms with E-state index in [0.29, 0.717) is 16.7 Å². The quantitative estimate of drug-likeness (QED) is 0.492. The zero-order valence-electron chi connectivity index (χ0n) is 15.5. The molecular weight excluding hydrogens is 420 g/mol. The Bertz CT molecular complexity index is 1300. The van der Waals surface area contributed by atoms with E-state index in [4.69, 9.17) is 4.74 Å². The van der Waals surface area contributed by atoms with Gasteiger partial charge in [-0.2, -0.15) is 5.10 Å². The number of aromatic nitrogens is 5. The fourth-order valence-corrected chi connectivity index (χ4v) is 3.48. The van der Waals surface area contributed by atoms with Crippen molar-refractivity contribution in [1.82, 2.24) is 25.0 Å². The van der Waals surface area contributed by atoms with E-state index in [1.807, 2.05) is 0 Å². The summed E-state index contributed by atoms with van der Waals surface area (Å²) in [7, 11) is 0. The Morgan fingerprint density at radius 1 is 1.16 bits per heavy atom. The zero-order valence-corrected chi connectivity index (χ0v) is 15.5. The predicted octanol–water partition coefficient (Wildman–Crippen LogP) is 4.13. The molecule has 3 heterocycles. The molecule has 12 heteroatoms. The van der Waals surface area contributed by atoms with E-state index in [0.717, 1.165) is 12.3 Å². The summed E-state index contributed by atoms with van der Waals surface area (Å²) >= 11 is 0. The minimum atomic E-state index is -4.77. The highest BCUT2D eigenvalue weighted by Gasteiger charge is 2.37. The standard InChI is InChI=1S/C19H12F4N6O2/c20-13-5-10(16-7-26-29(27-16)19(21,22)23)1-3-12(13)17-8-31-18(30)28(17)11-2-4-14-15(6-11)25-9-24-14/h1-7,9,17H,8H2,(H,24,25). The number of alkyl halides is 3. The van der Waals surface area contributed by atoms with Crippen LogP contribution in [0.25, 0.3) is 22.3 Å². The van der Waals surface area contributed by atoms with Gasteiger partial charge in [-0.05, 0) is 24.3 Å². The lowest BCUT2D eigenvalue weighted by Crippen LogP contribution is -2.27. The predicted molar refractivity (Wildman–Crippen MR) is 99.4 cm³/mol. The molecule has 1 saturated heterocycles. The molecule has 1 amide bonds. The van der Waals surface area contributed by atoms with Crippen LogP contribution in [0.15, 0.2) is 48.9 Å². The summed E-state index contributed by atoms with van der Waals surface area (Å²) in [6, 6.07) is 8.20. The Kier molecular flexibility index (Phi) is 4.17. The van der Waals surface area contributed by atoms with Crippen LogP contribution >= 0.6 is 0 Å². The first-order valence-corrected chi connectivity index (χ1v) is 9.00. The maximum absolute atomic E-state index is 15.0. The van der Waals surface area contributed by atoms with Crippen molar-refractivity contribution in [2.45, 2.75) is 12.3 Å². The molecule has 1 aliphatic heterocycles. The zero-order chi connectivity index (χ0) is 21.8. The highest BCUT2D eigenvalue weighted by atomic mass is 19.4. The molecule has 5 rings (SSSR count). The first-order chi connectivity index (χ1) is 14.8. The minimum Gasteiger partial charge on any atom is -0.447 e. The van der Waals surface area contributed by atoms with E-state index in [1.54, 1.807) is 18.2 Å². The molecule has 158 valence electrons. The average Bonchev–Trinajstić information content (AvgIpc) is 3.46. The van der Waals surface area contributed by atoms with Gasteiger partial charge in [-0.1, -0.05) is 16.9 Å². The van der Waals surface area contributed by atoms with Crippen molar-refractivity contribution in [3.8, 4) is 11.3 Å². The SMILES string of the molecule is O=C1OCC(c2ccc(-c3cnn(C(F)(F)F)n3)cc2F)N1c1ccc2nc[nH]c2c1. The van der Waals surface area contributed by atoms with Gasteiger partial charge in [0, 0.05) is 11.1 Å². The van der Waals surface area contributed by atoms with Crippen LogP contribution < -0.4 is 4.90 Å². The molecule has 2 aromatic heterocycles. The molecule has 31 heavy (non-hydrogen) atoms. The van der Waals surface area contributed by atoms with Crippen molar-refractivity contribution in [2.24, 2.45) is 0 Å². The number of aromatic amines is 1. The third kappa shape index (κ3) is 3.25. The molecule has 0 radical (unpaired) electrons. The van der Waals surface area contributed by atoms with Gasteiger partial charge in [0.25, 0.3) is 0 Å². The second kappa shape index (κ2) is 6.79. The number of hydrogen-bond acceptors (Lipinski definition) is 5. The van der Waals surface area contributed by atoms with E-state index in [-0.39, 0.29) is 23.4 Å². The van der Waals surface area contributed by atoms with Crippen LogP contribution in [0.3, 0.4) is 0 Å². The third-order valence-electron chi connectivity index (χ3n) is 4.93. The molecule has 1 fully saturated rings. The molecule has 2 aromatic carbocycles. The maximum Gasteiger partial charge on any atom is 0.521 e. The number of hydrogen-bond donors (Lipinski definition) is 1. The number of carbonyl (C=O) groups is 1. The summed E-state index contributed by atoms with van der Waals surface area (Å²) < 4.78 is 58.2. The van der Waals surface area contributed by atoms with Crippen molar-refractivity contribution in [3.05, 3.63) is 60.3 Å². The molecule has 4 aromatic rings. The number of carbonyl (C=O) groups excluding carboxylic acids is 1. The molecule has 1 aliphatic rings. The Labute approximate surface area is 171 Å². The number of imidazole rings is 1. The normalized spacial score (nSPS) is 16.8. The number of benzene rings is 2. The fraction of sp³-hybridized carbons (Fsp3) is 0.158. The van der Waals surface area contributed by atoms with Gasteiger partial charge in [-0.15, -0.1) is 18.3 Å². The number of nitrogens with one attached hydrogen (secondary N) is 1. The highest BCUT2D eigenvalue weighted by Crippen LogP contribution is 2.36. The number of cyclic esters (lactones) is 1. The van der Waals surface area contributed by atoms with E-state index >= 15 is 0 Å². The third-order valence-corrected chi connectivity index (χ3v) is 4.93. The van der Waals surface area contributed by atoms with Crippen molar-refractivity contribution in [2.75, 3.05) is 11.5 Å². The molecule has 0 bridgehead atoms. The summed E-state index contributed by atoms with van der Waals surface area (Å²) in [5.41, 5.74) is 2.02. The number of anilines is 1. The second-order valence-electron chi connectivity index (χ2n) is 6.79. The molecule has 1 N–H and O–H groups in total. The van der Waals surface area contributed by atoms with Crippen LogP contribution in [0.2, 0.25) is 0 Å². The van der Waals surface area contributed by atoms with E-state index in [1.165, 1.54) is 23.4 Å². The summed E-state index contributed by atoms with van der Waals surface area (Å²) in [5.74, 6) is -0.713. The van der Waals surface area contributed by atoms with Gasteiger partial charge in [0.2, 0.25) is 0 Å². The van der Waals surface area contributed by atoms with Crippen molar-refractivity contribution < 1.29 is 27.1 Å². The monoisotopic (exact) mass is 432 g/mol. The Morgan fingerprint density at radius 3 is 2.74 bits per heavy atom.